The Morgan fingerprint density at radius 2 is 2.00 bits per heavy atom. The minimum Gasteiger partial charge on any atom is -0.450 e. The van der Waals surface area contributed by atoms with Gasteiger partial charge in [-0.05, 0) is 38.7 Å². The number of piperidine rings is 1. The second kappa shape index (κ2) is 9.35. The van der Waals surface area contributed by atoms with E-state index < -0.39 is 0 Å². The largest absolute Gasteiger partial charge is 0.450 e. The van der Waals surface area contributed by atoms with E-state index in [0.29, 0.717) is 43.8 Å². The molecule has 2 rings (SSSR count). The molecule has 1 aliphatic heterocycles. The van der Waals surface area contributed by atoms with Gasteiger partial charge in [-0.1, -0.05) is 13.8 Å². The highest BCUT2D eigenvalue weighted by Gasteiger charge is 2.24. The summed E-state index contributed by atoms with van der Waals surface area (Å²) in [5, 5.41) is 6.16. The van der Waals surface area contributed by atoms with Gasteiger partial charge in [0.1, 0.15) is 5.69 Å². The number of ether oxygens (including phenoxy) is 1. The van der Waals surface area contributed by atoms with Crippen molar-refractivity contribution >= 4 is 17.9 Å². The molecule has 8 heteroatoms. The molecule has 26 heavy (non-hydrogen) atoms. The Morgan fingerprint density at radius 3 is 2.62 bits per heavy atom. The van der Waals surface area contributed by atoms with Crippen LogP contribution in [-0.2, 0) is 4.74 Å². The third kappa shape index (κ3) is 5.86. The van der Waals surface area contributed by atoms with Crippen LogP contribution in [0.3, 0.4) is 0 Å². The lowest BCUT2D eigenvalue weighted by Gasteiger charge is -2.31. The van der Waals surface area contributed by atoms with Crippen LogP contribution in [0.5, 0.6) is 0 Å². The highest BCUT2D eigenvalue weighted by Crippen LogP contribution is 2.16. The van der Waals surface area contributed by atoms with Gasteiger partial charge in [-0.25, -0.2) is 14.8 Å². The normalized spacial score (nSPS) is 15.0. The van der Waals surface area contributed by atoms with Crippen molar-refractivity contribution in [1.29, 1.82) is 0 Å². The van der Waals surface area contributed by atoms with Crippen molar-refractivity contribution in [2.75, 3.05) is 31.6 Å². The van der Waals surface area contributed by atoms with Gasteiger partial charge in [0.25, 0.3) is 5.91 Å². The van der Waals surface area contributed by atoms with E-state index in [-0.39, 0.29) is 18.0 Å². The molecule has 0 aliphatic carbocycles. The van der Waals surface area contributed by atoms with Crippen molar-refractivity contribution in [2.24, 2.45) is 5.92 Å². The number of likely N-dealkylation sites (tertiary alicyclic amines) is 1. The molecular formula is C18H29N5O3. The Balaban J connectivity index is 1.94. The van der Waals surface area contributed by atoms with Crippen LogP contribution in [0.1, 0.15) is 49.8 Å². The van der Waals surface area contributed by atoms with Gasteiger partial charge in [0.15, 0.2) is 0 Å². The summed E-state index contributed by atoms with van der Waals surface area (Å²) in [7, 11) is 0. The van der Waals surface area contributed by atoms with Gasteiger partial charge in [0, 0.05) is 31.4 Å². The van der Waals surface area contributed by atoms with E-state index in [4.69, 9.17) is 4.74 Å². The van der Waals surface area contributed by atoms with Gasteiger partial charge in [-0.2, -0.15) is 0 Å². The molecule has 1 aromatic rings. The molecule has 2 amide bonds. The molecule has 1 aromatic heterocycles. The number of anilines is 1. The quantitative estimate of drug-likeness (QED) is 0.804. The van der Waals surface area contributed by atoms with Gasteiger partial charge in [-0.3, -0.25) is 4.79 Å². The van der Waals surface area contributed by atoms with Gasteiger partial charge in [-0.15, -0.1) is 0 Å². The average Bonchev–Trinajstić information content (AvgIpc) is 2.60. The van der Waals surface area contributed by atoms with Crippen LogP contribution in [0.2, 0.25) is 0 Å². The van der Waals surface area contributed by atoms with Gasteiger partial charge in [0.05, 0.1) is 6.61 Å². The second-order valence-corrected chi connectivity index (χ2v) is 6.93. The summed E-state index contributed by atoms with van der Waals surface area (Å²) in [6, 6.07) is 1.85. The summed E-state index contributed by atoms with van der Waals surface area (Å²) in [4.78, 5) is 34.4. The molecule has 1 saturated heterocycles. The first-order chi connectivity index (χ1) is 12.4. The summed E-state index contributed by atoms with van der Waals surface area (Å²) in [6.45, 7) is 9.98. The molecule has 0 unspecified atom stereocenters. The van der Waals surface area contributed by atoms with Gasteiger partial charge >= 0.3 is 6.09 Å². The van der Waals surface area contributed by atoms with Crippen LogP contribution >= 0.6 is 0 Å². The molecule has 0 bridgehead atoms. The average molecular weight is 363 g/mol. The standard InChI is InChI=1S/C18H29N5O3/c1-5-26-18(25)23-8-6-14(7-9-23)21-17-20-13(4)10-15(22-17)16(24)19-11-12(2)3/h10,12,14H,5-9,11H2,1-4H3,(H,19,24)(H,20,21,22). The minimum absolute atomic E-state index is 0.161. The summed E-state index contributed by atoms with van der Waals surface area (Å²) >= 11 is 0. The fourth-order valence-electron chi connectivity index (χ4n) is 2.74. The van der Waals surface area contributed by atoms with E-state index in [1.54, 1.807) is 17.9 Å². The van der Waals surface area contributed by atoms with E-state index in [9.17, 15) is 9.59 Å². The molecule has 144 valence electrons. The fourth-order valence-corrected chi connectivity index (χ4v) is 2.74. The molecule has 0 aromatic carbocycles. The molecule has 0 spiro atoms. The third-order valence-corrected chi connectivity index (χ3v) is 4.11. The number of rotatable bonds is 6. The fraction of sp³-hybridized carbons (Fsp3) is 0.667. The van der Waals surface area contributed by atoms with Crippen LogP contribution in [0.15, 0.2) is 6.07 Å². The highest BCUT2D eigenvalue weighted by molar-refractivity contribution is 5.92. The molecule has 2 N–H and O–H groups in total. The maximum atomic E-state index is 12.2. The van der Waals surface area contributed by atoms with Crippen LogP contribution in [0, 0.1) is 12.8 Å². The zero-order valence-corrected chi connectivity index (χ0v) is 16.0. The summed E-state index contributed by atoms with van der Waals surface area (Å²) < 4.78 is 5.03. The lowest BCUT2D eigenvalue weighted by molar-refractivity contribution is 0.0941. The number of hydrogen-bond donors (Lipinski definition) is 2. The summed E-state index contributed by atoms with van der Waals surface area (Å²) in [5.74, 6) is 0.641. The Bertz CT molecular complexity index is 627. The van der Waals surface area contributed by atoms with E-state index >= 15 is 0 Å². The molecular weight excluding hydrogens is 334 g/mol. The molecule has 2 heterocycles. The molecule has 8 nitrogen and oxygen atoms in total. The molecule has 0 saturated carbocycles. The summed E-state index contributed by atoms with van der Waals surface area (Å²) in [5.41, 5.74) is 1.10. The topological polar surface area (TPSA) is 96.5 Å². The highest BCUT2D eigenvalue weighted by atomic mass is 16.6. The molecule has 0 radical (unpaired) electrons. The maximum Gasteiger partial charge on any atom is 0.409 e. The van der Waals surface area contributed by atoms with Crippen LogP contribution in [0.25, 0.3) is 0 Å². The van der Waals surface area contributed by atoms with Crippen LogP contribution < -0.4 is 10.6 Å². The number of carbonyl (C=O) groups is 2. The number of aryl methyl sites for hydroxylation is 1. The first kappa shape index (κ1) is 19.9. The third-order valence-electron chi connectivity index (χ3n) is 4.11. The molecule has 1 fully saturated rings. The number of amides is 2. The first-order valence-corrected chi connectivity index (χ1v) is 9.21. The zero-order chi connectivity index (χ0) is 19.1. The Labute approximate surface area is 154 Å². The van der Waals surface area contributed by atoms with Crippen molar-refractivity contribution < 1.29 is 14.3 Å². The zero-order valence-electron chi connectivity index (χ0n) is 16.0. The number of aromatic nitrogens is 2. The smallest absolute Gasteiger partial charge is 0.409 e. The molecule has 1 aliphatic rings. The van der Waals surface area contributed by atoms with Gasteiger partial charge < -0.3 is 20.3 Å². The van der Waals surface area contributed by atoms with Crippen molar-refractivity contribution in [2.45, 2.75) is 46.6 Å². The van der Waals surface area contributed by atoms with Crippen molar-refractivity contribution in [3.05, 3.63) is 17.5 Å². The Kier molecular flexibility index (Phi) is 7.17. The monoisotopic (exact) mass is 363 g/mol. The predicted octanol–water partition coefficient (Wildman–Crippen LogP) is 2.20. The van der Waals surface area contributed by atoms with Gasteiger partial charge in [0.2, 0.25) is 5.95 Å². The number of carbonyl (C=O) groups excluding carboxylic acids is 2. The number of nitrogens with zero attached hydrogens (tertiary/aromatic N) is 3. The van der Waals surface area contributed by atoms with E-state index in [1.165, 1.54) is 0 Å². The summed E-state index contributed by atoms with van der Waals surface area (Å²) in [6.07, 6.45) is 1.30. The lowest BCUT2D eigenvalue weighted by atomic mass is 10.1. The Morgan fingerprint density at radius 1 is 1.31 bits per heavy atom. The van der Waals surface area contributed by atoms with Crippen molar-refractivity contribution in [3.8, 4) is 0 Å². The Hall–Kier alpha value is -2.38. The predicted molar refractivity (Wildman–Crippen MR) is 99.2 cm³/mol. The lowest BCUT2D eigenvalue weighted by Crippen LogP contribution is -2.42. The second-order valence-electron chi connectivity index (χ2n) is 6.93. The molecule has 0 atom stereocenters. The van der Waals surface area contributed by atoms with Crippen LogP contribution in [-0.4, -0.2) is 59.2 Å². The van der Waals surface area contributed by atoms with Crippen LogP contribution in [0.4, 0.5) is 10.7 Å². The van der Waals surface area contributed by atoms with E-state index in [2.05, 4.69) is 20.6 Å². The van der Waals surface area contributed by atoms with Crippen molar-refractivity contribution in [1.82, 2.24) is 20.2 Å². The number of hydrogen-bond acceptors (Lipinski definition) is 6. The maximum absolute atomic E-state index is 12.2. The first-order valence-electron chi connectivity index (χ1n) is 9.21. The van der Waals surface area contributed by atoms with E-state index in [1.807, 2.05) is 20.8 Å². The van der Waals surface area contributed by atoms with E-state index in [0.717, 1.165) is 18.5 Å². The minimum atomic E-state index is -0.262. The van der Waals surface area contributed by atoms with Crippen molar-refractivity contribution in [3.63, 3.8) is 0 Å². The SMILES string of the molecule is CCOC(=O)N1CCC(Nc2nc(C)cc(C(=O)NCC(C)C)n2)CC1. The number of nitrogens with one attached hydrogen (secondary N) is 2.